The molecule has 1 aliphatic heterocycles. The van der Waals surface area contributed by atoms with Crippen molar-refractivity contribution in [2.45, 2.75) is 71.0 Å². The Kier molecular flexibility index (Phi) is 8.01. The predicted molar refractivity (Wildman–Crippen MR) is 196 cm³/mol. The van der Waals surface area contributed by atoms with Gasteiger partial charge in [-0.3, -0.25) is 14.4 Å². The fourth-order valence-corrected chi connectivity index (χ4v) is 8.00. The standard InChI is InChI=1S/C40H45N7O4/c1-40(2,39(42)50)16-15-32(48)24-9-7-23(8-10-24)28-13-11-25-18-31(46(36(25)43-28)20-22-5-6-22)37-44-29-17-27(19-33(51-4)35(29)45(37)3)38(49)47-21-26-12-14-30(47)34(26)41/h7-11,13,17-19,22,26,30,34H,5-6,12,14-16,20-21,41H2,1-4H3,(H2,42,50)/t26?,30?,34-/m1/s1. The molecule has 0 radical (unpaired) electrons. The van der Waals surface area contributed by atoms with E-state index < -0.39 is 11.3 Å². The summed E-state index contributed by atoms with van der Waals surface area (Å²) in [7, 11) is 3.62. The number of primary amides is 1. The maximum atomic E-state index is 13.8. The van der Waals surface area contributed by atoms with E-state index in [1.165, 1.54) is 12.8 Å². The molecule has 8 rings (SSSR count). The van der Waals surface area contributed by atoms with Gasteiger partial charge in [0.1, 0.15) is 16.9 Å². The average Bonchev–Trinajstić information content (AvgIpc) is 3.53. The van der Waals surface area contributed by atoms with Crippen LogP contribution in [0.3, 0.4) is 0 Å². The van der Waals surface area contributed by atoms with Gasteiger partial charge in [-0.05, 0) is 74.3 Å². The number of likely N-dealkylation sites (tertiary alicyclic amines) is 1. The molecule has 3 atom stereocenters. The molecular formula is C40H45N7O4. The molecule has 3 aromatic heterocycles. The summed E-state index contributed by atoms with van der Waals surface area (Å²) >= 11 is 0. The molecule has 5 aromatic rings. The average molecular weight is 688 g/mol. The van der Waals surface area contributed by atoms with Crippen LogP contribution < -0.4 is 16.2 Å². The monoisotopic (exact) mass is 687 g/mol. The van der Waals surface area contributed by atoms with Gasteiger partial charge in [-0.1, -0.05) is 38.1 Å². The van der Waals surface area contributed by atoms with Gasteiger partial charge in [0, 0.05) is 66.1 Å². The zero-order valence-electron chi connectivity index (χ0n) is 29.7. The second-order valence-corrected chi connectivity index (χ2v) is 15.4. The molecule has 51 heavy (non-hydrogen) atoms. The number of pyridine rings is 1. The lowest BCUT2D eigenvalue weighted by molar-refractivity contribution is -0.126. The van der Waals surface area contributed by atoms with Gasteiger partial charge in [-0.25, -0.2) is 9.97 Å². The van der Waals surface area contributed by atoms with E-state index in [0.717, 1.165) is 58.7 Å². The van der Waals surface area contributed by atoms with Crippen LogP contribution in [0.15, 0.2) is 54.6 Å². The maximum Gasteiger partial charge on any atom is 0.254 e. The third kappa shape index (κ3) is 5.77. The molecule has 264 valence electrons. The number of aromatic nitrogens is 4. The first-order chi connectivity index (χ1) is 24.4. The summed E-state index contributed by atoms with van der Waals surface area (Å²) in [5, 5.41) is 1.01. The van der Waals surface area contributed by atoms with Crippen molar-refractivity contribution in [2.24, 2.45) is 35.8 Å². The van der Waals surface area contributed by atoms with Crippen molar-refractivity contribution in [3.05, 3.63) is 65.7 Å². The fourth-order valence-electron chi connectivity index (χ4n) is 8.00. The third-order valence-electron chi connectivity index (χ3n) is 11.6. The number of nitrogens with two attached hydrogens (primary N) is 2. The number of Topliss-reactive ketones (excluding diaryl/α,β-unsaturated/α-hetero) is 1. The van der Waals surface area contributed by atoms with Crippen molar-refractivity contribution >= 4 is 39.7 Å². The number of carbonyl (C=O) groups is 3. The second-order valence-electron chi connectivity index (χ2n) is 15.4. The molecule has 2 amide bonds. The third-order valence-corrected chi connectivity index (χ3v) is 11.6. The minimum absolute atomic E-state index is 0.0194. The van der Waals surface area contributed by atoms with Gasteiger partial charge in [0.25, 0.3) is 5.91 Å². The first-order valence-corrected chi connectivity index (χ1v) is 18.0. The highest BCUT2D eigenvalue weighted by Crippen LogP contribution is 2.40. The summed E-state index contributed by atoms with van der Waals surface area (Å²) in [6, 6.07) is 17.6. The molecule has 2 bridgehead atoms. The summed E-state index contributed by atoms with van der Waals surface area (Å²) in [6.07, 6.45) is 5.03. The van der Waals surface area contributed by atoms with E-state index in [9.17, 15) is 14.4 Å². The lowest BCUT2D eigenvalue weighted by Crippen LogP contribution is -2.41. The minimum atomic E-state index is -0.735. The van der Waals surface area contributed by atoms with Crippen LogP contribution in [0.25, 0.3) is 44.8 Å². The quantitative estimate of drug-likeness (QED) is 0.169. The lowest BCUT2D eigenvalue weighted by Gasteiger charge is -2.27. The largest absolute Gasteiger partial charge is 0.494 e. The SMILES string of the molecule is COc1cc(C(=O)N2CC3CCC2[C@@H]3N)cc2nc(-c3cc4ccc(-c5ccc(C(=O)CCC(C)(C)C(N)=O)cc5)nc4n3CC3CC3)n(C)c12. The molecule has 3 aliphatic rings. The molecule has 2 saturated carbocycles. The Morgan fingerprint density at radius 1 is 0.961 bits per heavy atom. The summed E-state index contributed by atoms with van der Waals surface area (Å²) in [5.74, 6) is 1.88. The summed E-state index contributed by atoms with van der Waals surface area (Å²) < 4.78 is 10.2. The number of hydrogen-bond donors (Lipinski definition) is 2. The predicted octanol–water partition coefficient (Wildman–Crippen LogP) is 5.71. The molecule has 2 aromatic carbocycles. The van der Waals surface area contributed by atoms with Crippen LogP contribution in [0.2, 0.25) is 0 Å². The Hall–Kier alpha value is -5.03. The van der Waals surface area contributed by atoms with E-state index in [1.807, 2.05) is 54.4 Å². The van der Waals surface area contributed by atoms with Crippen molar-refractivity contribution in [1.82, 2.24) is 24.0 Å². The minimum Gasteiger partial charge on any atom is -0.494 e. The van der Waals surface area contributed by atoms with Gasteiger partial charge in [-0.2, -0.15) is 0 Å². The number of rotatable bonds is 11. The number of amides is 2. The van der Waals surface area contributed by atoms with Crippen LogP contribution in [0.1, 0.15) is 73.1 Å². The zero-order chi connectivity index (χ0) is 35.8. The van der Waals surface area contributed by atoms with Crippen LogP contribution in [-0.2, 0) is 18.4 Å². The van der Waals surface area contributed by atoms with E-state index >= 15 is 0 Å². The fraction of sp³-hybridized carbons (Fsp3) is 0.425. The molecule has 4 N–H and O–H groups in total. The zero-order valence-corrected chi connectivity index (χ0v) is 29.7. The number of aryl methyl sites for hydroxylation is 1. The highest BCUT2D eigenvalue weighted by atomic mass is 16.5. The first-order valence-electron chi connectivity index (χ1n) is 18.0. The van der Waals surface area contributed by atoms with Gasteiger partial charge < -0.3 is 30.2 Å². The molecule has 1 saturated heterocycles. The van der Waals surface area contributed by atoms with E-state index in [4.69, 9.17) is 26.2 Å². The Morgan fingerprint density at radius 2 is 1.73 bits per heavy atom. The van der Waals surface area contributed by atoms with Gasteiger partial charge in [0.2, 0.25) is 5.91 Å². The molecule has 11 nitrogen and oxygen atoms in total. The van der Waals surface area contributed by atoms with E-state index in [-0.39, 0.29) is 30.2 Å². The highest BCUT2D eigenvalue weighted by molar-refractivity contribution is 6.01. The van der Waals surface area contributed by atoms with Crippen LogP contribution in [-0.4, -0.2) is 67.3 Å². The normalized spacial score (nSPS) is 20.1. The molecule has 4 heterocycles. The summed E-state index contributed by atoms with van der Waals surface area (Å²) in [5.41, 5.74) is 17.4. The molecule has 0 spiro atoms. The van der Waals surface area contributed by atoms with Crippen molar-refractivity contribution < 1.29 is 19.1 Å². The van der Waals surface area contributed by atoms with E-state index in [1.54, 1.807) is 21.0 Å². The summed E-state index contributed by atoms with van der Waals surface area (Å²) in [4.78, 5) is 50.6. The van der Waals surface area contributed by atoms with Gasteiger partial charge in [0.15, 0.2) is 11.6 Å². The smallest absolute Gasteiger partial charge is 0.254 e. The number of ether oxygens (including phenoxy) is 1. The van der Waals surface area contributed by atoms with Crippen LogP contribution >= 0.6 is 0 Å². The topological polar surface area (TPSA) is 151 Å². The van der Waals surface area contributed by atoms with Crippen molar-refractivity contribution in [3.63, 3.8) is 0 Å². The number of ketones is 1. The van der Waals surface area contributed by atoms with E-state index in [2.05, 4.69) is 21.3 Å². The van der Waals surface area contributed by atoms with Gasteiger partial charge in [-0.15, -0.1) is 0 Å². The Morgan fingerprint density at radius 3 is 2.37 bits per heavy atom. The maximum absolute atomic E-state index is 13.8. The number of hydrogen-bond acceptors (Lipinski definition) is 7. The van der Waals surface area contributed by atoms with Crippen LogP contribution in [0.4, 0.5) is 0 Å². The van der Waals surface area contributed by atoms with Crippen molar-refractivity contribution in [1.29, 1.82) is 0 Å². The second kappa shape index (κ2) is 12.3. The van der Waals surface area contributed by atoms with Crippen LogP contribution in [0.5, 0.6) is 5.75 Å². The molecule has 11 heteroatoms. The van der Waals surface area contributed by atoms with Gasteiger partial charge >= 0.3 is 0 Å². The molecule has 3 fully saturated rings. The lowest BCUT2D eigenvalue weighted by atomic mass is 9.85. The number of imidazole rings is 1. The molecular weight excluding hydrogens is 642 g/mol. The number of nitrogens with zero attached hydrogens (tertiary/aromatic N) is 5. The van der Waals surface area contributed by atoms with Crippen molar-refractivity contribution in [2.75, 3.05) is 13.7 Å². The first kappa shape index (κ1) is 33.1. The van der Waals surface area contributed by atoms with E-state index in [0.29, 0.717) is 47.2 Å². The van der Waals surface area contributed by atoms with Crippen molar-refractivity contribution in [3.8, 4) is 28.5 Å². The Bertz CT molecular complexity index is 2210. The summed E-state index contributed by atoms with van der Waals surface area (Å²) in [6.45, 7) is 5.05. The van der Waals surface area contributed by atoms with Crippen LogP contribution in [0, 0.1) is 17.3 Å². The number of piperidine rings is 1. The number of carbonyl (C=O) groups excluding carboxylic acids is 3. The highest BCUT2D eigenvalue weighted by Gasteiger charge is 2.47. The molecule has 2 unspecified atom stereocenters. The number of methoxy groups -OCH3 is 1. The Balaban J connectivity index is 1.13. The number of benzene rings is 2. The number of fused-ring (bicyclic) bond motifs is 4. The molecule has 2 aliphatic carbocycles. The van der Waals surface area contributed by atoms with Gasteiger partial charge in [0.05, 0.1) is 24.0 Å². The Labute approximate surface area is 297 Å².